The van der Waals surface area contributed by atoms with Crippen LogP contribution in [0.1, 0.15) is 30.4 Å². The molecule has 2 heteroatoms. The lowest BCUT2D eigenvalue weighted by molar-refractivity contribution is 0.470. The van der Waals surface area contributed by atoms with E-state index in [0.717, 1.165) is 22.9 Å². The van der Waals surface area contributed by atoms with Crippen LogP contribution in [0.3, 0.4) is 0 Å². The van der Waals surface area contributed by atoms with Gasteiger partial charge in [-0.2, -0.15) is 0 Å². The van der Waals surface area contributed by atoms with Gasteiger partial charge in [-0.1, -0.05) is 23.7 Å². The minimum atomic E-state index is 0.695. The van der Waals surface area contributed by atoms with Crippen molar-refractivity contribution in [3.8, 4) is 0 Å². The van der Waals surface area contributed by atoms with Crippen LogP contribution in [0.25, 0.3) is 0 Å². The first-order chi connectivity index (χ1) is 7.70. The maximum absolute atomic E-state index is 6.12. The fraction of sp³-hybridized carbons (Fsp3) is 0.571. The molecule has 1 nitrogen and oxygen atoms in total. The number of rotatable bonds is 5. The second kappa shape index (κ2) is 5.20. The van der Waals surface area contributed by atoms with Crippen LogP contribution in [0.2, 0.25) is 5.02 Å². The van der Waals surface area contributed by atoms with E-state index < -0.39 is 0 Å². The van der Waals surface area contributed by atoms with Crippen LogP contribution in [-0.4, -0.2) is 13.1 Å². The molecular formula is C14H20ClN. The third kappa shape index (κ3) is 2.99. The van der Waals surface area contributed by atoms with Crippen molar-refractivity contribution in [1.29, 1.82) is 0 Å². The van der Waals surface area contributed by atoms with Crippen molar-refractivity contribution in [3.63, 3.8) is 0 Å². The van der Waals surface area contributed by atoms with Crippen molar-refractivity contribution in [1.82, 2.24) is 5.32 Å². The van der Waals surface area contributed by atoms with Crippen molar-refractivity contribution in [2.45, 2.75) is 38.6 Å². The lowest BCUT2D eigenvalue weighted by Crippen LogP contribution is -2.27. The summed E-state index contributed by atoms with van der Waals surface area (Å²) in [6.45, 7) is 2.05. The van der Waals surface area contributed by atoms with Crippen LogP contribution in [0.5, 0.6) is 0 Å². The van der Waals surface area contributed by atoms with Gasteiger partial charge in [-0.3, -0.25) is 0 Å². The Morgan fingerprint density at radius 1 is 1.44 bits per heavy atom. The van der Waals surface area contributed by atoms with Crippen molar-refractivity contribution < 1.29 is 0 Å². The summed E-state index contributed by atoms with van der Waals surface area (Å²) in [4.78, 5) is 0. The highest BCUT2D eigenvalue weighted by atomic mass is 35.5. The molecule has 1 aliphatic rings. The normalized spacial score (nSPS) is 17.4. The molecule has 0 radical (unpaired) electrons. The van der Waals surface area contributed by atoms with Crippen LogP contribution >= 0.6 is 11.6 Å². The van der Waals surface area contributed by atoms with Gasteiger partial charge in [0, 0.05) is 11.1 Å². The van der Waals surface area contributed by atoms with Crippen LogP contribution in [0, 0.1) is 12.8 Å². The van der Waals surface area contributed by atoms with Gasteiger partial charge in [0.25, 0.3) is 0 Å². The van der Waals surface area contributed by atoms with E-state index in [0.29, 0.717) is 6.04 Å². The Morgan fingerprint density at radius 3 is 2.75 bits per heavy atom. The van der Waals surface area contributed by atoms with E-state index in [4.69, 9.17) is 11.6 Å². The Morgan fingerprint density at radius 2 is 2.19 bits per heavy atom. The Labute approximate surface area is 103 Å². The summed E-state index contributed by atoms with van der Waals surface area (Å²) >= 11 is 6.12. The zero-order chi connectivity index (χ0) is 11.5. The fourth-order valence-electron chi connectivity index (χ4n) is 2.23. The second-order valence-corrected chi connectivity index (χ2v) is 5.26. The van der Waals surface area contributed by atoms with Crippen molar-refractivity contribution >= 4 is 11.6 Å². The summed E-state index contributed by atoms with van der Waals surface area (Å²) in [5.74, 6) is 0.922. The molecule has 0 amide bonds. The lowest BCUT2D eigenvalue weighted by Gasteiger charge is -2.15. The van der Waals surface area contributed by atoms with E-state index in [1.54, 1.807) is 0 Å². The summed E-state index contributed by atoms with van der Waals surface area (Å²) in [5.41, 5.74) is 2.52. The molecule has 1 aromatic rings. The summed E-state index contributed by atoms with van der Waals surface area (Å²) < 4.78 is 0. The minimum Gasteiger partial charge on any atom is -0.317 e. The van der Waals surface area contributed by atoms with Gasteiger partial charge in [0.1, 0.15) is 0 Å². The van der Waals surface area contributed by atoms with E-state index in [-0.39, 0.29) is 0 Å². The Balaban J connectivity index is 1.90. The molecule has 0 aromatic heterocycles. The average molecular weight is 238 g/mol. The van der Waals surface area contributed by atoms with E-state index in [9.17, 15) is 0 Å². The molecule has 0 aliphatic heterocycles. The molecule has 88 valence electrons. The van der Waals surface area contributed by atoms with Gasteiger partial charge in [0.05, 0.1) is 0 Å². The van der Waals surface area contributed by atoms with Gasteiger partial charge in [-0.05, 0) is 62.8 Å². The average Bonchev–Trinajstić information content (AvgIpc) is 3.08. The molecule has 1 aliphatic carbocycles. The maximum atomic E-state index is 6.12. The molecule has 1 atom stereocenters. The van der Waals surface area contributed by atoms with Crippen LogP contribution in [-0.2, 0) is 6.42 Å². The molecule has 16 heavy (non-hydrogen) atoms. The van der Waals surface area contributed by atoms with Crippen LogP contribution in [0.15, 0.2) is 18.2 Å². The molecule has 0 heterocycles. The predicted molar refractivity (Wildman–Crippen MR) is 70.1 cm³/mol. The summed E-state index contributed by atoms with van der Waals surface area (Å²) in [5, 5.41) is 4.32. The smallest absolute Gasteiger partial charge is 0.0437 e. The lowest BCUT2D eigenvalue weighted by atomic mass is 10.0. The highest BCUT2D eigenvalue weighted by molar-refractivity contribution is 6.31. The van der Waals surface area contributed by atoms with Gasteiger partial charge < -0.3 is 5.32 Å². The minimum absolute atomic E-state index is 0.695. The quantitative estimate of drug-likeness (QED) is 0.826. The molecule has 1 saturated carbocycles. The molecule has 1 aromatic carbocycles. The monoisotopic (exact) mass is 237 g/mol. The molecule has 0 saturated heterocycles. The van der Waals surface area contributed by atoms with Crippen molar-refractivity contribution in [2.24, 2.45) is 5.92 Å². The first-order valence-corrected chi connectivity index (χ1v) is 6.51. The highest BCUT2D eigenvalue weighted by Gasteiger charge is 2.29. The van der Waals surface area contributed by atoms with E-state index in [1.807, 2.05) is 6.92 Å². The predicted octanol–water partition coefficient (Wildman–Crippen LogP) is 3.58. The number of hydrogen-bond acceptors (Lipinski definition) is 1. The van der Waals surface area contributed by atoms with Gasteiger partial charge >= 0.3 is 0 Å². The van der Waals surface area contributed by atoms with Gasteiger partial charge in [-0.25, -0.2) is 0 Å². The summed E-state index contributed by atoms with van der Waals surface area (Å²) in [6, 6.07) is 7.11. The van der Waals surface area contributed by atoms with E-state index in [1.165, 1.54) is 24.8 Å². The number of benzene rings is 1. The summed E-state index contributed by atoms with van der Waals surface area (Å²) in [7, 11) is 2.07. The molecule has 2 rings (SSSR count). The molecule has 0 spiro atoms. The van der Waals surface area contributed by atoms with Crippen molar-refractivity contribution in [2.75, 3.05) is 7.05 Å². The maximum Gasteiger partial charge on any atom is 0.0437 e. The molecule has 1 N–H and O–H groups in total. The standard InChI is InChI=1S/C14H20ClN/c1-10-3-4-11(9-13(10)15)5-8-14(16-2)12-6-7-12/h3-4,9,12,14,16H,5-8H2,1-2H3. The molecule has 1 unspecified atom stereocenters. The second-order valence-electron chi connectivity index (χ2n) is 4.85. The van der Waals surface area contributed by atoms with Gasteiger partial charge in [0.2, 0.25) is 0 Å². The van der Waals surface area contributed by atoms with E-state index in [2.05, 4.69) is 30.6 Å². The SMILES string of the molecule is CNC(CCc1ccc(C)c(Cl)c1)C1CC1. The number of halogens is 1. The molecular weight excluding hydrogens is 218 g/mol. The topological polar surface area (TPSA) is 12.0 Å². The largest absolute Gasteiger partial charge is 0.317 e. The van der Waals surface area contributed by atoms with Crippen molar-refractivity contribution in [3.05, 3.63) is 34.3 Å². The molecule has 0 bridgehead atoms. The summed E-state index contributed by atoms with van der Waals surface area (Å²) in [6.07, 6.45) is 5.16. The first kappa shape index (κ1) is 11.9. The Bertz CT molecular complexity index is 358. The van der Waals surface area contributed by atoms with Crippen LogP contribution < -0.4 is 5.32 Å². The van der Waals surface area contributed by atoms with Crippen LogP contribution in [0.4, 0.5) is 0 Å². The molecule has 1 fully saturated rings. The third-order valence-electron chi connectivity index (χ3n) is 3.54. The Kier molecular flexibility index (Phi) is 3.88. The van der Waals surface area contributed by atoms with Gasteiger partial charge in [-0.15, -0.1) is 0 Å². The first-order valence-electron chi connectivity index (χ1n) is 6.13. The third-order valence-corrected chi connectivity index (χ3v) is 3.95. The number of aryl methyl sites for hydroxylation is 2. The zero-order valence-electron chi connectivity index (χ0n) is 10.1. The fourth-order valence-corrected chi connectivity index (χ4v) is 2.43. The zero-order valence-corrected chi connectivity index (χ0v) is 10.8. The Hall–Kier alpha value is -0.530. The number of hydrogen-bond donors (Lipinski definition) is 1. The highest BCUT2D eigenvalue weighted by Crippen LogP contribution is 2.34. The number of nitrogens with one attached hydrogen (secondary N) is 1. The van der Waals surface area contributed by atoms with E-state index >= 15 is 0 Å². The van der Waals surface area contributed by atoms with Gasteiger partial charge in [0.15, 0.2) is 0 Å².